The van der Waals surface area contributed by atoms with E-state index in [-0.39, 0.29) is 16.7 Å². The van der Waals surface area contributed by atoms with E-state index in [0.717, 1.165) is 4.90 Å². The topological polar surface area (TPSA) is 58.2 Å². The summed E-state index contributed by atoms with van der Waals surface area (Å²) >= 11 is 13.2. The number of hydrogen-bond donors (Lipinski definition) is 2. The van der Waals surface area contributed by atoms with Crippen LogP contribution in [-0.2, 0) is 4.79 Å². The summed E-state index contributed by atoms with van der Waals surface area (Å²) in [6, 6.07) is 17.6. The quantitative estimate of drug-likeness (QED) is 0.410. The van der Waals surface area contributed by atoms with E-state index in [4.69, 9.17) is 23.2 Å². The fourth-order valence-electron chi connectivity index (χ4n) is 2.54. The highest BCUT2D eigenvalue weighted by atomic mass is 35.5. The van der Waals surface area contributed by atoms with E-state index in [1.165, 1.54) is 30.0 Å². The lowest BCUT2D eigenvalue weighted by Gasteiger charge is -2.13. The molecule has 3 aromatic carbocycles. The molecule has 0 heterocycles. The lowest BCUT2D eigenvalue weighted by atomic mass is 10.2. The van der Waals surface area contributed by atoms with Crippen LogP contribution in [0.1, 0.15) is 17.3 Å². The van der Waals surface area contributed by atoms with Crippen molar-refractivity contribution >= 4 is 58.2 Å². The first-order chi connectivity index (χ1) is 14.3. The Morgan fingerprint density at radius 1 is 0.900 bits per heavy atom. The van der Waals surface area contributed by atoms with E-state index < -0.39 is 11.7 Å². The molecule has 0 aliphatic carbocycles. The zero-order chi connectivity index (χ0) is 21.7. The molecule has 0 aromatic heterocycles. The molecule has 2 amide bonds. The molecule has 154 valence electrons. The molecule has 0 aliphatic rings. The molecule has 0 fully saturated rings. The van der Waals surface area contributed by atoms with Crippen LogP contribution in [0.4, 0.5) is 15.8 Å². The summed E-state index contributed by atoms with van der Waals surface area (Å²) in [6.07, 6.45) is 0. The molecule has 4 nitrogen and oxygen atoms in total. The normalized spacial score (nSPS) is 11.6. The van der Waals surface area contributed by atoms with Crippen molar-refractivity contribution in [3.63, 3.8) is 0 Å². The van der Waals surface area contributed by atoms with Crippen molar-refractivity contribution in [3.8, 4) is 0 Å². The van der Waals surface area contributed by atoms with E-state index in [1.54, 1.807) is 55.5 Å². The number of anilines is 2. The van der Waals surface area contributed by atoms with Gasteiger partial charge in [-0.2, -0.15) is 0 Å². The summed E-state index contributed by atoms with van der Waals surface area (Å²) in [7, 11) is 0. The van der Waals surface area contributed by atoms with Crippen LogP contribution in [0.3, 0.4) is 0 Å². The van der Waals surface area contributed by atoms with Crippen molar-refractivity contribution in [2.45, 2.75) is 17.1 Å². The second-order valence-electron chi connectivity index (χ2n) is 6.34. The van der Waals surface area contributed by atoms with E-state index in [9.17, 15) is 14.0 Å². The van der Waals surface area contributed by atoms with Gasteiger partial charge in [-0.15, -0.1) is 11.8 Å². The standard InChI is InChI=1S/C22H17Cl2FN2O2S/c1-13(21(28)27-15-8-11-18(23)19(24)12-15)30-16-9-6-14(7-10-16)26-22(29)17-4-2-3-5-20(17)25/h2-13H,1H3,(H,26,29)(H,27,28). The Balaban J connectivity index is 1.58. The smallest absolute Gasteiger partial charge is 0.258 e. The van der Waals surface area contributed by atoms with Gasteiger partial charge in [0, 0.05) is 16.3 Å². The lowest BCUT2D eigenvalue weighted by molar-refractivity contribution is -0.115. The number of halogens is 3. The second kappa shape index (κ2) is 9.98. The van der Waals surface area contributed by atoms with Crippen LogP contribution >= 0.6 is 35.0 Å². The molecule has 1 unspecified atom stereocenters. The number of nitrogens with one attached hydrogen (secondary N) is 2. The fourth-order valence-corrected chi connectivity index (χ4v) is 3.70. The Morgan fingerprint density at radius 3 is 2.23 bits per heavy atom. The van der Waals surface area contributed by atoms with Crippen LogP contribution in [0.25, 0.3) is 0 Å². The number of thioether (sulfide) groups is 1. The number of benzene rings is 3. The molecule has 0 aliphatic heterocycles. The minimum absolute atomic E-state index is 0.0245. The molecule has 8 heteroatoms. The minimum Gasteiger partial charge on any atom is -0.325 e. The highest BCUT2D eigenvalue weighted by Gasteiger charge is 2.16. The fraction of sp³-hybridized carbons (Fsp3) is 0.0909. The van der Waals surface area contributed by atoms with E-state index >= 15 is 0 Å². The van der Waals surface area contributed by atoms with Gasteiger partial charge >= 0.3 is 0 Å². The van der Waals surface area contributed by atoms with Crippen molar-refractivity contribution in [1.82, 2.24) is 0 Å². The van der Waals surface area contributed by atoms with Crippen molar-refractivity contribution in [1.29, 1.82) is 0 Å². The Kier molecular flexibility index (Phi) is 7.37. The largest absolute Gasteiger partial charge is 0.325 e. The molecule has 0 saturated carbocycles. The predicted octanol–water partition coefficient (Wildman–Crippen LogP) is 6.50. The Labute approximate surface area is 187 Å². The van der Waals surface area contributed by atoms with Crippen LogP contribution in [-0.4, -0.2) is 17.1 Å². The summed E-state index contributed by atoms with van der Waals surface area (Å²) in [5, 5.41) is 5.85. The van der Waals surface area contributed by atoms with Crippen LogP contribution in [0, 0.1) is 5.82 Å². The minimum atomic E-state index is -0.580. The Morgan fingerprint density at radius 2 is 1.57 bits per heavy atom. The number of carbonyl (C=O) groups excluding carboxylic acids is 2. The molecule has 0 radical (unpaired) electrons. The number of hydrogen-bond acceptors (Lipinski definition) is 3. The summed E-state index contributed by atoms with van der Waals surface area (Å²) < 4.78 is 13.7. The van der Waals surface area contributed by atoms with Gasteiger partial charge in [-0.1, -0.05) is 35.3 Å². The van der Waals surface area contributed by atoms with Crippen molar-refractivity contribution < 1.29 is 14.0 Å². The highest BCUT2D eigenvalue weighted by Crippen LogP contribution is 2.28. The van der Waals surface area contributed by atoms with Gasteiger partial charge in [0.1, 0.15) is 5.82 Å². The van der Waals surface area contributed by atoms with Crippen LogP contribution < -0.4 is 10.6 Å². The zero-order valence-corrected chi connectivity index (χ0v) is 18.1. The molecule has 3 rings (SSSR count). The monoisotopic (exact) mass is 462 g/mol. The first-order valence-electron chi connectivity index (χ1n) is 8.92. The summed E-state index contributed by atoms with van der Waals surface area (Å²) in [5.41, 5.74) is 1.07. The van der Waals surface area contributed by atoms with Crippen LogP contribution in [0.15, 0.2) is 71.6 Å². The van der Waals surface area contributed by atoms with Gasteiger partial charge in [-0.25, -0.2) is 4.39 Å². The maximum Gasteiger partial charge on any atom is 0.258 e. The van der Waals surface area contributed by atoms with Crippen molar-refractivity contribution in [2.24, 2.45) is 0 Å². The number of carbonyl (C=O) groups is 2. The summed E-state index contributed by atoms with van der Waals surface area (Å²) in [6.45, 7) is 1.78. The Hall–Kier alpha value is -2.54. The first-order valence-corrected chi connectivity index (χ1v) is 10.6. The highest BCUT2D eigenvalue weighted by molar-refractivity contribution is 8.00. The van der Waals surface area contributed by atoms with Gasteiger partial charge in [0.05, 0.1) is 20.9 Å². The van der Waals surface area contributed by atoms with Gasteiger partial charge in [-0.3, -0.25) is 9.59 Å². The second-order valence-corrected chi connectivity index (χ2v) is 8.57. The predicted molar refractivity (Wildman–Crippen MR) is 121 cm³/mol. The molecular formula is C22H17Cl2FN2O2S. The molecule has 1 atom stereocenters. The zero-order valence-electron chi connectivity index (χ0n) is 15.8. The van der Waals surface area contributed by atoms with Gasteiger partial charge in [-0.05, 0) is 61.5 Å². The van der Waals surface area contributed by atoms with E-state index in [1.807, 2.05) is 0 Å². The molecule has 0 bridgehead atoms. The lowest BCUT2D eigenvalue weighted by Crippen LogP contribution is -2.22. The SMILES string of the molecule is CC(Sc1ccc(NC(=O)c2ccccc2F)cc1)C(=O)Nc1ccc(Cl)c(Cl)c1. The van der Waals surface area contributed by atoms with Gasteiger partial charge in [0.2, 0.25) is 5.91 Å². The van der Waals surface area contributed by atoms with E-state index in [2.05, 4.69) is 10.6 Å². The molecule has 0 saturated heterocycles. The third kappa shape index (κ3) is 5.75. The number of amides is 2. The summed E-state index contributed by atoms with van der Waals surface area (Å²) in [5.74, 6) is -1.29. The maximum absolute atomic E-state index is 13.7. The molecule has 30 heavy (non-hydrogen) atoms. The molecular weight excluding hydrogens is 446 g/mol. The molecule has 2 N–H and O–H groups in total. The van der Waals surface area contributed by atoms with Crippen molar-refractivity contribution in [3.05, 3.63) is 88.2 Å². The third-order valence-corrected chi connectivity index (χ3v) is 5.95. The molecule has 3 aromatic rings. The third-order valence-electron chi connectivity index (χ3n) is 4.10. The van der Waals surface area contributed by atoms with Crippen LogP contribution in [0.5, 0.6) is 0 Å². The van der Waals surface area contributed by atoms with Gasteiger partial charge in [0.15, 0.2) is 0 Å². The summed E-state index contributed by atoms with van der Waals surface area (Å²) in [4.78, 5) is 25.4. The maximum atomic E-state index is 13.7. The Bertz CT molecular complexity index is 1080. The first kappa shape index (κ1) is 22.2. The van der Waals surface area contributed by atoms with Crippen molar-refractivity contribution in [2.75, 3.05) is 10.6 Å². The van der Waals surface area contributed by atoms with Crippen LogP contribution in [0.2, 0.25) is 10.0 Å². The number of rotatable bonds is 6. The van der Waals surface area contributed by atoms with E-state index in [0.29, 0.717) is 21.4 Å². The van der Waals surface area contributed by atoms with Gasteiger partial charge in [0.25, 0.3) is 5.91 Å². The average Bonchev–Trinajstić information content (AvgIpc) is 2.72. The molecule has 0 spiro atoms. The van der Waals surface area contributed by atoms with Gasteiger partial charge < -0.3 is 10.6 Å². The average molecular weight is 463 g/mol.